The Bertz CT molecular complexity index is 761. The molecule has 0 aliphatic carbocycles. The first-order valence-corrected chi connectivity index (χ1v) is 8.47. The van der Waals surface area contributed by atoms with Gasteiger partial charge in [-0.2, -0.15) is 0 Å². The molecule has 2 amide bonds. The predicted molar refractivity (Wildman–Crippen MR) is 96.0 cm³/mol. The van der Waals surface area contributed by atoms with E-state index in [-0.39, 0.29) is 19.2 Å². The second kappa shape index (κ2) is 7.49. The van der Waals surface area contributed by atoms with Gasteiger partial charge in [0, 0.05) is 24.8 Å². The molecule has 1 N–H and O–H groups in total. The van der Waals surface area contributed by atoms with Gasteiger partial charge in [-0.25, -0.2) is 0 Å². The van der Waals surface area contributed by atoms with Crippen LogP contribution in [0.15, 0.2) is 54.6 Å². The number of anilines is 1. The van der Waals surface area contributed by atoms with Crippen LogP contribution in [-0.4, -0.2) is 41.0 Å². The zero-order chi connectivity index (χ0) is 17.8. The zero-order valence-electron chi connectivity index (χ0n) is 14.3. The summed E-state index contributed by atoms with van der Waals surface area (Å²) in [6.07, 6.45) is 0.744. The van der Waals surface area contributed by atoms with E-state index in [0.717, 1.165) is 23.2 Å². The second-order valence-corrected chi connectivity index (χ2v) is 6.29. The fourth-order valence-corrected chi connectivity index (χ4v) is 3.29. The van der Waals surface area contributed by atoms with E-state index >= 15 is 0 Å². The number of amides is 2. The Morgan fingerprint density at radius 1 is 1.12 bits per heavy atom. The normalized spacial score (nSPS) is 15.8. The highest BCUT2D eigenvalue weighted by molar-refractivity contribution is 6.40. The summed E-state index contributed by atoms with van der Waals surface area (Å²) in [5, 5.41) is 9.30. The molecule has 130 valence electrons. The van der Waals surface area contributed by atoms with Gasteiger partial charge in [-0.1, -0.05) is 48.5 Å². The molecule has 3 rings (SSSR count). The highest BCUT2D eigenvalue weighted by Crippen LogP contribution is 2.32. The summed E-state index contributed by atoms with van der Waals surface area (Å²) in [5.74, 6) is -1.12. The number of benzene rings is 2. The maximum atomic E-state index is 12.9. The number of para-hydroxylation sites is 1. The largest absolute Gasteiger partial charge is 0.395 e. The van der Waals surface area contributed by atoms with Crippen LogP contribution in [0.5, 0.6) is 0 Å². The number of carbonyl (C=O) groups is 2. The maximum absolute atomic E-state index is 12.9. The molecule has 0 bridgehead atoms. The van der Waals surface area contributed by atoms with Gasteiger partial charge in [-0.05, 0) is 30.5 Å². The number of hydrogen-bond acceptors (Lipinski definition) is 3. The molecule has 5 heteroatoms. The van der Waals surface area contributed by atoms with Crippen molar-refractivity contribution in [1.29, 1.82) is 0 Å². The molecule has 0 radical (unpaired) electrons. The van der Waals surface area contributed by atoms with E-state index in [1.165, 1.54) is 4.90 Å². The number of aliphatic hydroxyl groups excluding tert-OH is 1. The topological polar surface area (TPSA) is 60.9 Å². The van der Waals surface area contributed by atoms with Crippen LogP contribution >= 0.6 is 0 Å². The van der Waals surface area contributed by atoms with Gasteiger partial charge in [0.05, 0.1) is 6.61 Å². The van der Waals surface area contributed by atoms with Crippen molar-refractivity contribution in [2.45, 2.75) is 25.9 Å². The van der Waals surface area contributed by atoms with Crippen molar-refractivity contribution >= 4 is 17.5 Å². The molecule has 0 fully saturated rings. The van der Waals surface area contributed by atoms with Crippen LogP contribution in [0, 0.1) is 0 Å². The van der Waals surface area contributed by atoms with E-state index in [0.29, 0.717) is 6.54 Å². The number of nitrogens with zero attached hydrogens (tertiary/aromatic N) is 2. The van der Waals surface area contributed by atoms with Gasteiger partial charge >= 0.3 is 11.8 Å². The molecule has 1 unspecified atom stereocenters. The molecule has 0 aromatic heterocycles. The Hall–Kier alpha value is -2.66. The lowest BCUT2D eigenvalue weighted by molar-refractivity contribution is -0.145. The van der Waals surface area contributed by atoms with E-state index in [9.17, 15) is 14.7 Å². The number of carbonyl (C=O) groups excluding carboxylic acids is 2. The third-order valence-corrected chi connectivity index (χ3v) is 4.48. The van der Waals surface area contributed by atoms with Crippen LogP contribution in [0.25, 0.3) is 0 Å². The number of hydrogen-bond donors (Lipinski definition) is 1. The third kappa shape index (κ3) is 3.56. The van der Waals surface area contributed by atoms with Gasteiger partial charge in [0.15, 0.2) is 0 Å². The lowest BCUT2D eigenvalue weighted by Crippen LogP contribution is -2.48. The minimum absolute atomic E-state index is 0.0541. The highest BCUT2D eigenvalue weighted by atomic mass is 16.3. The van der Waals surface area contributed by atoms with E-state index in [1.807, 2.05) is 61.5 Å². The summed E-state index contributed by atoms with van der Waals surface area (Å²) in [4.78, 5) is 28.7. The summed E-state index contributed by atoms with van der Waals surface area (Å²) in [6.45, 7) is 2.19. The van der Waals surface area contributed by atoms with Gasteiger partial charge in [-0.3, -0.25) is 9.59 Å². The van der Waals surface area contributed by atoms with Crippen molar-refractivity contribution in [3.63, 3.8) is 0 Å². The summed E-state index contributed by atoms with van der Waals surface area (Å²) < 4.78 is 0. The van der Waals surface area contributed by atoms with Crippen molar-refractivity contribution in [2.75, 3.05) is 18.1 Å². The first-order valence-electron chi connectivity index (χ1n) is 8.47. The smallest absolute Gasteiger partial charge is 0.316 e. The molecule has 0 saturated heterocycles. The van der Waals surface area contributed by atoms with Gasteiger partial charge in [0.25, 0.3) is 0 Å². The van der Waals surface area contributed by atoms with Crippen molar-refractivity contribution in [3.8, 4) is 0 Å². The highest BCUT2D eigenvalue weighted by Gasteiger charge is 2.36. The van der Waals surface area contributed by atoms with Gasteiger partial charge in [0.1, 0.15) is 0 Å². The second-order valence-electron chi connectivity index (χ2n) is 6.29. The third-order valence-electron chi connectivity index (χ3n) is 4.48. The summed E-state index contributed by atoms with van der Waals surface area (Å²) in [5.41, 5.74) is 2.80. The van der Waals surface area contributed by atoms with Crippen molar-refractivity contribution in [3.05, 3.63) is 65.7 Å². The number of fused-ring (bicyclic) bond motifs is 1. The lowest BCUT2D eigenvalue weighted by atomic mass is 10.1. The van der Waals surface area contributed by atoms with Gasteiger partial charge in [0.2, 0.25) is 0 Å². The Labute approximate surface area is 147 Å². The SMILES string of the molecule is CC1Cc2ccccc2N1C(=O)C(=O)N(CCO)Cc1ccccc1. The van der Waals surface area contributed by atoms with Crippen molar-refractivity contribution < 1.29 is 14.7 Å². The molecule has 2 aromatic rings. The Balaban J connectivity index is 1.81. The average molecular weight is 338 g/mol. The lowest BCUT2D eigenvalue weighted by Gasteiger charge is -2.27. The maximum Gasteiger partial charge on any atom is 0.316 e. The number of aliphatic hydroxyl groups is 1. The molecule has 2 aromatic carbocycles. The fraction of sp³-hybridized carbons (Fsp3) is 0.300. The summed E-state index contributed by atoms with van der Waals surface area (Å²) in [6, 6.07) is 17.1. The Morgan fingerprint density at radius 2 is 1.80 bits per heavy atom. The summed E-state index contributed by atoms with van der Waals surface area (Å²) >= 11 is 0. The fourth-order valence-electron chi connectivity index (χ4n) is 3.29. The van der Waals surface area contributed by atoms with Crippen LogP contribution in [0.1, 0.15) is 18.1 Å². The van der Waals surface area contributed by atoms with E-state index in [2.05, 4.69) is 0 Å². The standard InChI is InChI=1S/C20H22N2O3/c1-15-13-17-9-5-6-10-18(17)22(15)20(25)19(24)21(11-12-23)14-16-7-3-2-4-8-16/h2-10,15,23H,11-14H2,1H3. The van der Waals surface area contributed by atoms with Crippen molar-refractivity contribution in [1.82, 2.24) is 4.90 Å². The average Bonchev–Trinajstić information content (AvgIpc) is 2.96. The summed E-state index contributed by atoms with van der Waals surface area (Å²) in [7, 11) is 0. The first-order chi connectivity index (χ1) is 12.1. The predicted octanol–water partition coefficient (Wildman–Crippen LogP) is 1.99. The molecule has 1 atom stereocenters. The Morgan fingerprint density at radius 3 is 2.52 bits per heavy atom. The molecule has 0 saturated carbocycles. The number of rotatable bonds is 4. The van der Waals surface area contributed by atoms with Crippen LogP contribution in [0.2, 0.25) is 0 Å². The van der Waals surface area contributed by atoms with E-state index < -0.39 is 11.8 Å². The molecule has 1 aliphatic heterocycles. The molecule has 0 spiro atoms. The zero-order valence-corrected chi connectivity index (χ0v) is 14.3. The molecular weight excluding hydrogens is 316 g/mol. The van der Waals surface area contributed by atoms with Crippen LogP contribution < -0.4 is 4.90 Å². The van der Waals surface area contributed by atoms with E-state index in [1.54, 1.807) is 4.90 Å². The molecule has 5 nitrogen and oxygen atoms in total. The quantitative estimate of drug-likeness (QED) is 0.867. The minimum atomic E-state index is -0.582. The van der Waals surface area contributed by atoms with Crippen LogP contribution in [0.3, 0.4) is 0 Å². The van der Waals surface area contributed by atoms with E-state index in [4.69, 9.17) is 0 Å². The van der Waals surface area contributed by atoms with Gasteiger partial charge < -0.3 is 14.9 Å². The Kier molecular flexibility index (Phi) is 5.14. The first kappa shape index (κ1) is 17.2. The van der Waals surface area contributed by atoms with Crippen molar-refractivity contribution in [2.24, 2.45) is 0 Å². The van der Waals surface area contributed by atoms with Gasteiger partial charge in [-0.15, -0.1) is 0 Å². The molecular formula is C20H22N2O3. The monoisotopic (exact) mass is 338 g/mol. The van der Waals surface area contributed by atoms with Crippen LogP contribution in [0.4, 0.5) is 5.69 Å². The molecule has 1 aliphatic rings. The molecule has 25 heavy (non-hydrogen) atoms. The minimum Gasteiger partial charge on any atom is -0.395 e. The van der Waals surface area contributed by atoms with Crippen LogP contribution in [-0.2, 0) is 22.6 Å². The molecule has 1 heterocycles.